The fourth-order valence-electron chi connectivity index (χ4n) is 3.07. The standard InChI is InChI=1S/C17H17N5OS/c1-11-20-13(9-14(21-11)16-18-5-6-19-16)12-4-7-22(10-12)17(23)15-3-2-8-24-15/h2-3,5-6,8-9,12H,4,7,10H2,1H3,(H,18,19). The Kier molecular flexibility index (Phi) is 3.86. The number of imidazole rings is 1. The van der Waals surface area contributed by atoms with Crippen molar-refractivity contribution in [3.63, 3.8) is 0 Å². The number of aromatic amines is 1. The molecular formula is C17H17N5OS. The summed E-state index contributed by atoms with van der Waals surface area (Å²) in [6.07, 6.45) is 4.41. The lowest BCUT2D eigenvalue weighted by Gasteiger charge is -2.15. The number of carbonyl (C=O) groups excluding carboxylic acids is 1. The van der Waals surface area contributed by atoms with Gasteiger partial charge in [-0.05, 0) is 30.9 Å². The summed E-state index contributed by atoms with van der Waals surface area (Å²) in [5.74, 6) is 1.82. The summed E-state index contributed by atoms with van der Waals surface area (Å²) in [4.78, 5) is 31.6. The predicted molar refractivity (Wildman–Crippen MR) is 91.9 cm³/mol. The van der Waals surface area contributed by atoms with E-state index < -0.39 is 0 Å². The number of carbonyl (C=O) groups is 1. The van der Waals surface area contributed by atoms with E-state index in [1.165, 1.54) is 11.3 Å². The molecule has 7 heteroatoms. The smallest absolute Gasteiger partial charge is 0.263 e. The molecule has 0 saturated carbocycles. The third-order valence-electron chi connectivity index (χ3n) is 4.22. The molecule has 3 aromatic heterocycles. The highest BCUT2D eigenvalue weighted by atomic mass is 32.1. The average molecular weight is 339 g/mol. The Morgan fingerprint density at radius 1 is 1.42 bits per heavy atom. The first kappa shape index (κ1) is 15.0. The van der Waals surface area contributed by atoms with E-state index in [2.05, 4.69) is 19.9 Å². The number of hydrogen-bond acceptors (Lipinski definition) is 5. The second-order valence-corrected chi connectivity index (χ2v) is 6.82. The first-order valence-corrected chi connectivity index (χ1v) is 8.77. The highest BCUT2D eigenvalue weighted by Gasteiger charge is 2.29. The molecule has 1 unspecified atom stereocenters. The van der Waals surface area contributed by atoms with Crippen molar-refractivity contribution in [1.82, 2.24) is 24.8 Å². The Morgan fingerprint density at radius 2 is 2.33 bits per heavy atom. The minimum Gasteiger partial charge on any atom is -0.343 e. The van der Waals surface area contributed by atoms with Crippen molar-refractivity contribution in [2.45, 2.75) is 19.3 Å². The highest BCUT2D eigenvalue weighted by molar-refractivity contribution is 7.12. The minimum atomic E-state index is 0.115. The number of nitrogens with one attached hydrogen (secondary N) is 1. The van der Waals surface area contributed by atoms with Crippen molar-refractivity contribution in [2.75, 3.05) is 13.1 Å². The average Bonchev–Trinajstić information content (AvgIpc) is 3.36. The van der Waals surface area contributed by atoms with Gasteiger partial charge >= 0.3 is 0 Å². The summed E-state index contributed by atoms with van der Waals surface area (Å²) in [5, 5.41) is 1.93. The molecule has 0 radical (unpaired) electrons. The molecule has 1 aliphatic rings. The van der Waals surface area contributed by atoms with E-state index in [1.54, 1.807) is 12.4 Å². The van der Waals surface area contributed by atoms with Crippen LogP contribution in [0.3, 0.4) is 0 Å². The number of hydrogen-bond donors (Lipinski definition) is 1. The van der Waals surface area contributed by atoms with Crippen LogP contribution in [0.4, 0.5) is 0 Å². The predicted octanol–water partition coefficient (Wildman–Crippen LogP) is 2.87. The lowest BCUT2D eigenvalue weighted by Crippen LogP contribution is -2.27. The van der Waals surface area contributed by atoms with Crippen molar-refractivity contribution < 1.29 is 4.79 Å². The van der Waals surface area contributed by atoms with Gasteiger partial charge in [0.25, 0.3) is 5.91 Å². The molecule has 4 heterocycles. The maximum Gasteiger partial charge on any atom is 0.263 e. The molecule has 24 heavy (non-hydrogen) atoms. The maximum absolute atomic E-state index is 12.5. The molecule has 1 N–H and O–H groups in total. The maximum atomic E-state index is 12.5. The molecule has 1 fully saturated rings. The van der Waals surface area contributed by atoms with E-state index in [4.69, 9.17) is 0 Å². The van der Waals surface area contributed by atoms with Crippen molar-refractivity contribution in [2.24, 2.45) is 0 Å². The zero-order chi connectivity index (χ0) is 16.5. The third kappa shape index (κ3) is 2.82. The number of nitrogens with zero attached hydrogens (tertiary/aromatic N) is 4. The van der Waals surface area contributed by atoms with Gasteiger partial charge < -0.3 is 9.88 Å². The van der Waals surface area contributed by atoms with Crippen molar-refractivity contribution in [3.05, 3.63) is 52.4 Å². The summed E-state index contributed by atoms with van der Waals surface area (Å²) < 4.78 is 0. The normalized spacial score (nSPS) is 17.4. The number of likely N-dealkylation sites (tertiary alicyclic amines) is 1. The molecule has 0 aliphatic carbocycles. The van der Waals surface area contributed by atoms with Crippen LogP contribution >= 0.6 is 11.3 Å². The van der Waals surface area contributed by atoms with Crippen molar-refractivity contribution >= 4 is 17.2 Å². The molecule has 122 valence electrons. The SMILES string of the molecule is Cc1nc(-c2ncc[nH]2)cc(C2CCN(C(=O)c3cccs3)C2)n1. The van der Waals surface area contributed by atoms with Crippen LogP contribution in [0.15, 0.2) is 36.0 Å². The molecular weight excluding hydrogens is 322 g/mol. The van der Waals surface area contributed by atoms with Crippen LogP contribution in [0.5, 0.6) is 0 Å². The quantitative estimate of drug-likeness (QED) is 0.796. The molecule has 1 amide bonds. The molecule has 0 aromatic carbocycles. The van der Waals surface area contributed by atoms with Crippen molar-refractivity contribution in [3.8, 4) is 11.5 Å². The van der Waals surface area contributed by atoms with Crippen molar-refractivity contribution in [1.29, 1.82) is 0 Å². The zero-order valence-corrected chi connectivity index (χ0v) is 14.1. The number of amides is 1. The fraction of sp³-hybridized carbons (Fsp3) is 0.294. The van der Waals surface area contributed by atoms with Gasteiger partial charge in [-0.15, -0.1) is 11.3 Å². The van der Waals surface area contributed by atoms with Gasteiger partial charge in [0.05, 0.1) is 4.88 Å². The molecule has 1 saturated heterocycles. The van der Waals surface area contributed by atoms with Gasteiger partial charge in [0.2, 0.25) is 0 Å². The third-order valence-corrected chi connectivity index (χ3v) is 5.08. The Balaban J connectivity index is 1.56. The minimum absolute atomic E-state index is 0.115. The second kappa shape index (κ2) is 6.16. The zero-order valence-electron chi connectivity index (χ0n) is 13.3. The Bertz CT molecular complexity index is 844. The molecule has 0 spiro atoms. The largest absolute Gasteiger partial charge is 0.343 e. The summed E-state index contributed by atoms with van der Waals surface area (Å²) >= 11 is 1.49. The molecule has 6 nitrogen and oxygen atoms in total. The van der Waals surface area contributed by atoms with E-state index in [-0.39, 0.29) is 11.8 Å². The van der Waals surface area contributed by atoms with Crippen LogP contribution in [0.2, 0.25) is 0 Å². The molecule has 1 aliphatic heterocycles. The highest BCUT2D eigenvalue weighted by Crippen LogP contribution is 2.29. The summed E-state index contributed by atoms with van der Waals surface area (Å²) in [7, 11) is 0. The molecule has 4 rings (SSSR count). The second-order valence-electron chi connectivity index (χ2n) is 5.88. The lowest BCUT2D eigenvalue weighted by atomic mass is 10.0. The lowest BCUT2D eigenvalue weighted by molar-refractivity contribution is 0.0795. The van der Waals surface area contributed by atoms with Gasteiger partial charge in [-0.1, -0.05) is 6.07 Å². The number of H-pyrrole nitrogens is 1. The van der Waals surface area contributed by atoms with Gasteiger partial charge in [-0.25, -0.2) is 15.0 Å². The number of aryl methyl sites for hydroxylation is 1. The number of aromatic nitrogens is 4. The summed E-state index contributed by atoms with van der Waals surface area (Å²) in [6, 6.07) is 5.77. The van der Waals surface area contributed by atoms with Gasteiger partial charge in [0.1, 0.15) is 11.5 Å². The van der Waals surface area contributed by atoms with Gasteiger partial charge in [-0.3, -0.25) is 4.79 Å². The summed E-state index contributed by atoms with van der Waals surface area (Å²) in [5.41, 5.74) is 1.78. The first-order chi connectivity index (χ1) is 11.7. The van der Waals surface area contributed by atoms with Crippen LogP contribution in [-0.2, 0) is 0 Å². The Hall–Kier alpha value is -2.54. The van der Waals surface area contributed by atoms with E-state index in [1.807, 2.05) is 35.4 Å². The number of thiophene rings is 1. The van der Waals surface area contributed by atoms with Gasteiger partial charge in [0.15, 0.2) is 5.82 Å². The monoisotopic (exact) mass is 339 g/mol. The van der Waals surface area contributed by atoms with Gasteiger partial charge in [0, 0.05) is 37.1 Å². The Morgan fingerprint density at radius 3 is 3.08 bits per heavy atom. The topological polar surface area (TPSA) is 74.8 Å². The Labute approximate surface area is 143 Å². The first-order valence-electron chi connectivity index (χ1n) is 7.89. The molecule has 0 bridgehead atoms. The van der Waals surface area contributed by atoms with E-state index in [0.717, 1.165) is 40.9 Å². The van der Waals surface area contributed by atoms with E-state index in [0.29, 0.717) is 6.54 Å². The van der Waals surface area contributed by atoms with Crippen LogP contribution in [-0.4, -0.2) is 43.8 Å². The van der Waals surface area contributed by atoms with Crippen LogP contribution in [0, 0.1) is 6.92 Å². The van der Waals surface area contributed by atoms with Crippen LogP contribution in [0.1, 0.15) is 33.5 Å². The molecule has 1 atom stereocenters. The molecule has 3 aromatic rings. The van der Waals surface area contributed by atoms with E-state index >= 15 is 0 Å². The fourth-order valence-corrected chi connectivity index (χ4v) is 3.76. The van der Waals surface area contributed by atoms with E-state index in [9.17, 15) is 4.79 Å². The summed E-state index contributed by atoms with van der Waals surface area (Å²) in [6.45, 7) is 3.35. The van der Waals surface area contributed by atoms with Gasteiger partial charge in [-0.2, -0.15) is 0 Å². The van der Waals surface area contributed by atoms with Crippen LogP contribution < -0.4 is 0 Å². The van der Waals surface area contributed by atoms with Crippen LogP contribution in [0.25, 0.3) is 11.5 Å². The number of rotatable bonds is 3.